The summed E-state index contributed by atoms with van der Waals surface area (Å²) in [4.78, 5) is 7.75. The Hall–Kier alpha value is -0.160. The maximum Gasteiger partial charge on any atom is 0.0431 e. The van der Waals surface area contributed by atoms with Gasteiger partial charge in [0, 0.05) is 45.4 Å². The SMILES string of the molecule is CN1CCCCC1CN1CCN(CCCCO)CC1. The molecular formula is C15H31N3O. The average molecular weight is 269 g/mol. The molecule has 1 N–H and O–H groups in total. The van der Waals surface area contributed by atoms with Gasteiger partial charge in [0.15, 0.2) is 0 Å². The molecule has 2 heterocycles. The van der Waals surface area contributed by atoms with Crippen LogP contribution in [-0.2, 0) is 0 Å². The fourth-order valence-corrected chi connectivity index (χ4v) is 3.32. The third kappa shape index (κ3) is 5.03. The summed E-state index contributed by atoms with van der Waals surface area (Å²) < 4.78 is 0. The first kappa shape index (κ1) is 15.2. The van der Waals surface area contributed by atoms with Gasteiger partial charge in [0.2, 0.25) is 0 Å². The first-order valence-corrected chi connectivity index (χ1v) is 8.05. The summed E-state index contributed by atoms with van der Waals surface area (Å²) in [6.45, 7) is 8.93. The molecule has 2 saturated heterocycles. The number of hydrogen-bond donors (Lipinski definition) is 1. The Morgan fingerprint density at radius 3 is 2.37 bits per heavy atom. The quantitative estimate of drug-likeness (QED) is 0.725. The molecule has 0 aliphatic carbocycles. The number of nitrogens with zero attached hydrogens (tertiary/aromatic N) is 3. The van der Waals surface area contributed by atoms with E-state index in [0.29, 0.717) is 6.61 Å². The molecule has 2 fully saturated rings. The van der Waals surface area contributed by atoms with E-state index in [9.17, 15) is 0 Å². The number of aliphatic hydroxyl groups excluding tert-OH is 1. The minimum atomic E-state index is 0.341. The number of unbranched alkanes of at least 4 members (excludes halogenated alkanes) is 1. The van der Waals surface area contributed by atoms with Crippen LogP contribution in [0.4, 0.5) is 0 Å². The Morgan fingerprint density at radius 2 is 1.68 bits per heavy atom. The molecule has 0 amide bonds. The number of hydrogen-bond acceptors (Lipinski definition) is 4. The normalized spacial score (nSPS) is 27.8. The van der Waals surface area contributed by atoms with Gasteiger partial charge in [-0.15, -0.1) is 0 Å². The van der Waals surface area contributed by atoms with Crippen molar-refractivity contribution in [2.45, 2.75) is 38.1 Å². The Morgan fingerprint density at radius 1 is 0.947 bits per heavy atom. The van der Waals surface area contributed by atoms with Crippen LogP contribution in [0.1, 0.15) is 32.1 Å². The van der Waals surface area contributed by atoms with E-state index in [4.69, 9.17) is 5.11 Å². The monoisotopic (exact) mass is 269 g/mol. The second kappa shape index (κ2) is 8.20. The van der Waals surface area contributed by atoms with E-state index in [-0.39, 0.29) is 0 Å². The zero-order chi connectivity index (χ0) is 13.5. The number of likely N-dealkylation sites (tertiary alicyclic amines) is 1. The number of piperazine rings is 1. The number of aliphatic hydroxyl groups is 1. The highest BCUT2D eigenvalue weighted by molar-refractivity contribution is 4.80. The first-order chi connectivity index (χ1) is 9.29. The zero-order valence-corrected chi connectivity index (χ0v) is 12.6. The minimum absolute atomic E-state index is 0.341. The van der Waals surface area contributed by atoms with Crippen LogP contribution < -0.4 is 0 Å². The number of rotatable bonds is 6. The summed E-state index contributed by atoms with van der Waals surface area (Å²) in [7, 11) is 2.29. The lowest BCUT2D eigenvalue weighted by molar-refractivity contribution is 0.0832. The van der Waals surface area contributed by atoms with Gasteiger partial charge in [-0.2, -0.15) is 0 Å². The van der Waals surface area contributed by atoms with Crippen molar-refractivity contribution in [3.8, 4) is 0 Å². The van der Waals surface area contributed by atoms with Gasteiger partial charge >= 0.3 is 0 Å². The summed E-state index contributed by atoms with van der Waals surface area (Å²) in [5.41, 5.74) is 0. The van der Waals surface area contributed by atoms with Gasteiger partial charge in [-0.05, 0) is 45.8 Å². The number of likely N-dealkylation sites (N-methyl/N-ethyl adjacent to an activating group) is 1. The van der Waals surface area contributed by atoms with E-state index in [1.807, 2.05) is 0 Å². The van der Waals surface area contributed by atoms with Gasteiger partial charge in [-0.3, -0.25) is 4.90 Å². The van der Waals surface area contributed by atoms with Gasteiger partial charge in [-0.1, -0.05) is 6.42 Å². The average Bonchev–Trinajstić information content (AvgIpc) is 2.44. The molecule has 4 heteroatoms. The Labute approximate surface area is 118 Å². The van der Waals surface area contributed by atoms with Crippen molar-refractivity contribution in [2.75, 3.05) is 59.5 Å². The predicted molar refractivity (Wildman–Crippen MR) is 79.5 cm³/mol. The Bertz CT molecular complexity index is 242. The van der Waals surface area contributed by atoms with Crippen LogP contribution in [0.15, 0.2) is 0 Å². The molecule has 0 saturated carbocycles. The molecule has 0 radical (unpaired) electrons. The topological polar surface area (TPSA) is 30.0 Å². The van der Waals surface area contributed by atoms with Crippen molar-refractivity contribution in [3.63, 3.8) is 0 Å². The lowest BCUT2D eigenvalue weighted by Crippen LogP contribution is -2.51. The fraction of sp³-hybridized carbons (Fsp3) is 1.00. The minimum Gasteiger partial charge on any atom is -0.396 e. The van der Waals surface area contributed by atoms with Crippen molar-refractivity contribution < 1.29 is 5.11 Å². The van der Waals surface area contributed by atoms with Crippen molar-refractivity contribution >= 4 is 0 Å². The highest BCUT2D eigenvalue weighted by atomic mass is 16.2. The van der Waals surface area contributed by atoms with E-state index < -0.39 is 0 Å². The molecule has 1 atom stereocenters. The molecule has 19 heavy (non-hydrogen) atoms. The van der Waals surface area contributed by atoms with Gasteiger partial charge in [0.1, 0.15) is 0 Å². The summed E-state index contributed by atoms with van der Waals surface area (Å²) in [6.07, 6.45) is 6.27. The summed E-state index contributed by atoms with van der Waals surface area (Å²) in [5.74, 6) is 0. The fourth-order valence-electron chi connectivity index (χ4n) is 3.32. The second-order valence-corrected chi connectivity index (χ2v) is 6.20. The Balaban J connectivity index is 1.62. The van der Waals surface area contributed by atoms with E-state index in [0.717, 1.165) is 25.4 Å². The highest BCUT2D eigenvalue weighted by Gasteiger charge is 2.23. The van der Waals surface area contributed by atoms with Crippen LogP contribution in [0, 0.1) is 0 Å². The molecular weight excluding hydrogens is 238 g/mol. The summed E-state index contributed by atoms with van der Waals surface area (Å²) in [5, 5.41) is 8.81. The maximum absolute atomic E-state index is 8.81. The molecule has 0 aromatic heterocycles. The summed E-state index contributed by atoms with van der Waals surface area (Å²) in [6, 6.07) is 0.787. The molecule has 112 valence electrons. The first-order valence-electron chi connectivity index (χ1n) is 8.05. The largest absolute Gasteiger partial charge is 0.396 e. The molecule has 4 nitrogen and oxygen atoms in total. The molecule has 1 unspecified atom stereocenters. The van der Waals surface area contributed by atoms with Crippen LogP contribution >= 0.6 is 0 Å². The molecule has 0 aromatic rings. The molecule has 2 aliphatic rings. The van der Waals surface area contributed by atoms with E-state index in [1.54, 1.807) is 0 Å². The van der Waals surface area contributed by atoms with Crippen LogP contribution in [0.5, 0.6) is 0 Å². The van der Waals surface area contributed by atoms with Gasteiger partial charge < -0.3 is 14.9 Å². The van der Waals surface area contributed by atoms with Gasteiger partial charge in [-0.25, -0.2) is 0 Å². The van der Waals surface area contributed by atoms with Crippen LogP contribution in [0.3, 0.4) is 0 Å². The predicted octanol–water partition coefficient (Wildman–Crippen LogP) is 0.861. The second-order valence-electron chi connectivity index (χ2n) is 6.20. The van der Waals surface area contributed by atoms with Gasteiger partial charge in [0.05, 0.1) is 0 Å². The third-order valence-corrected chi connectivity index (χ3v) is 4.74. The van der Waals surface area contributed by atoms with Crippen molar-refractivity contribution in [3.05, 3.63) is 0 Å². The van der Waals surface area contributed by atoms with Crippen LogP contribution in [0.2, 0.25) is 0 Å². The maximum atomic E-state index is 8.81. The molecule has 0 spiro atoms. The van der Waals surface area contributed by atoms with Crippen LogP contribution in [0.25, 0.3) is 0 Å². The molecule has 0 bridgehead atoms. The smallest absolute Gasteiger partial charge is 0.0431 e. The third-order valence-electron chi connectivity index (χ3n) is 4.74. The van der Waals surface area contributed by atoms with Crippen LogP contribution in [-0.4, -0.2) is 85.3 Å². The van der Waals surface area contributed by atoms with E-state index in [2.05, 4.69) is 21.7 Å². The standard InChI is InChI=1S/C15H31N3O/c1-16-7-3-2-6-15(16)14-18-11-9-17(10-12-18)8-4-5-13-19/h15,19H,2-14H2,1H3. The van der Waals surface area contributed by atoms with E-state index >= 15 is 0 Å². The highest BCUT2D eigenvalue weighted by Crippen LogP contribution is 2.16. The molecule has 0 aromatic carbocycles. The lowest BCUT2D eigenvalue weighted by Gasteiger charge is -2.40. The van der Waals surface area contributed by atoms with Crippen molar-refractivity contribution in [2.24, 2.45) is 0 Å². The zero-order valence-electron chi connectivity index (χ0n) is 12.6. The van der Waals surface area contributed by atoms with Crippen molar-refractivity contribution in [1.82, 2.24) is 14.7 Å². The molecule has 2 rings (SSSR count). The summed E-state index contributed by atoms with van der Waals surface area (Å²) >= 11 is 0. The molecule has 2 aliphatic heterocycles. The van der Waals surface area contributed by atoms with E-state index in [1.165, 1.54) is 58.5 Å². The number of piperidine rings is 1. The van der Waals surface area contributed by atoms with Gasteiger partial charge in [0.25, 0.3) is 0 Å². The lowest BCUT2D eigenvalue weighted by atomic mass is 10.0. The Kier molecular flexibility index (Phi) is 6.57. The van der Waals surface area contributed by atoms with Crippen molar-refractivity contribution in [1.29, 1.82) is 0 Å².